The topological polar surface area (TPSA) is 0 Å². The lowest BCUT2D eigenvalue weighted by Crippen LogP contribution is -1.77. The lowest BCUT2D eigenvalue weighted by atomic mass is 10.1. The average Bonchev–Trinajstić information content (AvgIpc) is 3.43. The Hall–Kier alpha value is -2.60. The van der Waals surface area contributed by atoms with Gasteiger partial charge in [-0.05, 0) is 46.2 Å². The summed E-state index contributed by atoms with van der Waals surface area (Å²) in [6.45, 7) is 12.0. The van der Waals surface area contributed by atoms with Crippen molar-refractivity contribution < 1.29 is 0 Å². The minimum absolute atomic E-state index is 1.10. The Kier molecular flexibility index (Phi) is 11.3. The quantitative estimate of drug-likeness (QED) is 0.290. The summed E-state index contributed by atoms with van der Waals surface area (Å²) < 4.78 is 0. The second-order valence-corrected chi connectivity index (χ2v) is 5.80. The number of hydrogen-bond donors (Lipinski definition) is 0. The Morgan fingerprint density at radius 2 is 0.929 bits per heavy atom. The zero-order valence-corrected chi connectivity index (χ0v) is 18.5. The van der Waals surface area contributed by atoms with Gasteiger partial charge in [-0.2, -0.15) is 0 Å². The van der Waals surface area contributed by atoms with Gasteiger partial charge in [0, 0.05) is 0 Å². The zero-order valence-electron chi connectivity index (χ0n) is 18.5. The van der Waals surface area contributed by atoms with Crippen LogP contribution in [0.25, 0.3) is 17.2 Å². The predicted octanol–water partition coefficient (Wildman–Crippen LogP) is 8.59. The van der Waals surface area contributed by atoms with Crippen LogP contribution in [-0.2, 0) is 12.8 Å². The molecule has 0 heteroatoms. The van der Waals surface area contributed by atoms with Crippen molar-refractivity contribution in [1.29, 1.82) is 0 Å². The highest BCUT2D eigenvalue weighted by Crippen LogP contribution is 2.35. The Morgan fingerprint density at radius 1 is 0.500 bits per heavy atom. The molecule has 0 spiro atoms. The number of hydrogen-bond acceptors (Lipinski definition) is 0. The molecule has 28 heavy (non-hydrogen) atoms. The summed E-state index contributed by atoms with van der Waals surface area (Å²) in [5.41, 5.74) is 8.60. The van der Waals surface area contributed by atoms with E-state index < -0.39 is 0 Å². The first kappa shape index (κ1) is 23.4. The zero-order chi connectivity index (χ0) is 20.8. The fourth-order valence-electron chi connectivity index (χ4n) is 3.28. The van der Waals surface area contributed by atoms with Crippen LogP contribution in [0.3, 0.4) is 0 Å². The van der Waals surface area contributed by atoms with Gasteiger partial charge in [-0.1, -0.05) is 126 Å². The predicted molar refractivity (Wildman–Crippen MR) is 128 cm³/mol. The molecule has 0 amide bonds. The van der Waals surface area contributed by atoms with Crippen molar-refractivity contribution in [3.63, 3.8) is 0 Å². The molecular formula is C28H36. The molecule has 2 aliphatic carbocycles. The first-order valence-corrected chi connectivity index (χ1v) is 10.8. The van der Waals surface area contributed by atoms with Crippen LogP contribution in [0.4, 0.5) is 0 Å². The summed E-state index contributed by atoms with van der Waals surface area (Å²) in [5.74, 6) is 0. The third-order valence-electron chi connectivity index (χ3n) is 4.40. The molecule has 0 heterocycles. The van der Waals surface area contributed by atoms with Crippen LogP contribution in [0.1, 0.15) is 63.8 Å². The van der Waals surface area contributed by atoms with Crippen molar-refractivity contribution in [2.75, 3.05) is 0 Å². The highest BCUT2D eigenvalue weighted by atomic mass is 14.2. The van der Waals surface area contributed by atoms with Crippen molar-refractivity contribution in [3.8, 4) is 11.1 Å². The van der Waals surface area contributed by atoms with E-state index in [1.54, 1.807) is 0 Å². The highest BCUT2D eigenvalue weighted by Gasteiger charge is 2.15. The molecule has 0 N–H and O–H groups in total. The second kappa shape index (κ2) is 13.6. The number of allylic oxidation sites excluding steroid dienone is 1. The molecule has 0 radical (unpaired) electrons. The van der Waals surface area contributed by atoms with Crippen molar-refractivity contribution in [2.24, 2.45) is 0 Å². The van der Waals surface area contributed by atoms with E-state index in [0.717, 1.165) is 12.8 Å². The van der Waals surface area contributed by atoms with Crippen molar-refractivity contribution in [2.45, 2.75) is 54.4 Å². The number of rotatable bonds is 0. The maximum Gasteiger partial charge on any atom is -0.00135 e. The van der Waals surface area contributed by atoms with E-state index in [4.69, 9.17) is 0 Å². The van der Waals surface area contributed by atoms with Gasteiger partial charge in [0.2, 0.25) is 0 Å². The molecular weight excluding hydrogens is 336 g/mol. The van der Waals surface area contributed by atoms with Gasteiger partial charge in [-0.15, -0.1) is 0 Å². The van der Waals surface area contributed by atoms with Crippen molar-refractivity contribution >= 4 is 6.08 Å². The lowest BCUT2D eigenvalue weighted by molar-refractivity contribution is 1.26. The lowest BCUT2D eigenvalue weighted by Gasteiger charge is -1.98. The Labute approximate surface area is 173 Å². The second-order valence-electron chi connectivity index (χ2n) is 5.80. The van der Waals surface area contributed by atoms with Gasteiger partial charge in [0.15, 0.2) is 0 Å². The summed E-state index contributed by atoms with van der Waals surface area (Å²) in [6, 6.07) is 25.8. The summed E-state index contributed by atoms with van der Waals surface area (Å²) in [4.78, 5) is 0. The average molecular weight is 373 g/mol. The fraction of sp³-hybridized carbons (Fsp3) is 0.286. The molecule has 0 fully saturated rings. The summed E-state index contributed by atoms with van der Waals surface area (Å²) in [5, 5.41) is 0. The van der Waals surface area contributed by atoms with E-state index in [0.29, 0.717) is 0 Å². The third kappa shape index (κ3) is 5.96. The van der Waals surface area contributed by atoms with Crippen LogP contribution < -0.4 is 0 Å². The molecule has 0 unspecified atom stereocenters. The Bertz CT molecular complexity index is 796. The third-order valence-corrected chi connectivity index (χ3v) is 4.40. The molecule has 0 aliphatic heterocycles. The first-order valence-electron chi connectivity index (χ1n) is 10.8. The Morgan fingerprint density at radius 3 is 1.43 bits per heavy atom. The molecule has 0 nitrogen and oxygen atoms in total. The summed E-state index contributed by atoms with van der Waals surface area (Å²) in [6.07, 6.45) is 6.60. The van der Waals surface area contributed by atoms with E-state index in [1.165, 1.54) is 33.4 Å². The van der Waals surface area contributed by atoms with Gasteiger partial charge in [0.05, 0.1) is 0 Å². The molecule has 5 rings (SSSR count). The largest absolute Gasteiger partial charge is 0.0795 e. The smallest absolute Gasteiger partial charge is 0.00135 e. The van der Waals surface area contributed by atoms with Gasteiger partial charge in [-0.25, -0.2) is 0 Å². The summed E-state index contributed by atoms with van der Waals surface area (Å²) in [7, 11) is 0. The van der Waals surface area contributed by atoms with Crippen molar-refractivity contribution in [1.82, 2.24) is 0 Å². The van der Waals surface area contributed by atoms with Crippen LogP contribution in [0, 0.1) is 0 Å². The molecule has 0 atom stereocenters. The van der Waals surface area contributed by atoms with E-state index in [-0.39, 0.29) is 0 Å². The normalized spacial score (nSPS) is 10.8. The first-order chi connectivity index (χ1) is 13.9. The van der Waals surface area contributed by atoms with Gasteiger partial charge < -0.3 is 0 Å². The monoisotopic (exact) mass is 372 g/mol. The van der Waals surface area contributed by atoms with Crippen LogP contribution in [0.2, 0.25) is 0 Å². The minimum atomic E-state index is 1.10. The standard InChI is InChI=1S/C13H10.C9H8.3C2H6/c1-3-7-12-10(5-1)9-11-6-2-4-8-13(11)12;1-2-5-9-7-3-6-8(9)4-1;3*1-2/h1-8H,9H2;1-6H,7H2;3*1-2H3. The molecule has 0 aromatic heterocycles. The number of fused-ring (bicyclic) bond motifs is 4. The molecule has 0 saturated heterocycles. The van der Waals surface area contributed by atoms with Crippen LogP contribution in [0.5, 0.6) is 0 Å². The van der Waals surface area contributed by atoms with Crippen molar-refractivity contribution in [3.05, 3.63) is 101 Å². The number of benzene rings is 3. The van der Waals surface area contributed by atoms with E-state index in [1.807, 2.05) is 41.5 Å². The maximum atomic E-state index is 2.22. The SMILES string of the molecule is C1=Cc2ccccc2C1.CC.CC.CC.c1ccc2c(c1)Cc1ccccc1-2. The molecule has 0 bridgehead atoms. The maximum absolute atomic E-state index is 2.22. The molecule has 0 saturated carbocycles. The van der Waals surface area contributed by atoms with E-state index in [9.17, 15) is 0 Å². The van der Waals surface area contributed by atoms with Gasteiger partial charge in [0.25, 0.3) is 0 Å². The highest BCUT2D eigenvalue weighted by molar-refractivity contribution is 5.76. The van der Waals surface area contributed by atoms with Gasteiger partial charge >= 0.3 is 0 Å². The molecule has 148 valence electrons. The molecule has 3 aromatic rings. The Balaban J connectivity index is 0.000000230. The van der Waals surface area contributed by atoms with E-state index in [2.05, 4.69) is 84.9 Å². The molecule has 2 aliphatic rings. The fourth-order valence-corrected chi connectivity index (χ4v) is 3.28. The molecule has 3 aromatic carbocycles. The van der Waals surface area contributed by atoms with Crippen LogP contribution in [-0.4, -0.2) is 0 Å². The van der Waals surface area contributed by atoms with Crippen LogP contribution >= 0.6 is 0 Å². The minimum Gasteiger partial charge on any atom is -0.0795 e. The van der Waals surface area contributed by atoms with Gasteiger partial charge in [-0.3, -0.25) is 0 Å². The van der Waals surface area contributed by atoms with Crippen LogP contribution in [0.15, 0.2) is 78.9 Å². The van der Waals surface area contributed by atoms with E-state index >= 15 is 0 Å². The van der Waals surface area contributed by atoms with Gasteiger partial charge in [0.1, 0.15) is 0 Å². The summed E-state index contributed by atoms with van der Waals surface area (Å²) >= 11 is 0.